The fourth-order valence-corrected chi connectivity index (χ4v) is 2.16. The number of rotatable bonds is 2. The van der Waals surface area contributed by atoms with Crippen LogP contribution in [0.2, 0.25) is 0 Å². The summed E-state index contributed by atoms with van der Waals surface area (Å²) in [6, 6.07) is 0. The molecule has 12 heteroatoms. The van der Waals surface area contributed by atoms with Gasteiger partial charge in [0.25, 0.3) is 0 Å². The van der Waals surface area contributed by atoms with E-state index in [-0.39, 0.29) is 0 Å². The Balaban J connectivity index is 0.000000240. The molecular weight excluding hydrogens is 336 g/mol. The van der Waals surface area contributed by atoms with Crippen molar-refractivity contribution in [3.63, 3.8) is 0 Å². The lowest BCUT2D eigenvalue weighted by Gasteiger charge is -2.37. The first-order valence-corrected chi connectivity index (χ1v) is 7.12. The van der Waals surface area contributed by atoms with E-state index in [9.17, 15) is 0 Å². The highest BCUT2D eigenvalue weighted by Crippen LogP contribution is 2.19. The molecular formula is C12H24O12. The zero-order chi connectivity index (χ0) is 18.6. The first-order chi connectivity index (χ1) is 11.1. The van der Waals surface area contributed by atoms with Gasteiger partial charge in [-0.2, -0.15) is 0 Å². The van der Waals surface area contributed by atoms with Gasteiger partial charge in [0.2, 0.25) is 0 Å². The number of hydrogen-bond acceptors (Lipinski definition) is 12. The monoisotopic (exact) mass is 360 g/mol. The summed E-state index contributed by atoms with van der Waals surface area (Å²) in [5, 5.41) is 89.3. The highest BCUT2D eigenvalue weighted by Gasteiger charge is 2.43. The summed E-state index contributed by atoms with van der Waals surface area (Å²) in [5.74, 6) is 0. The zero-order valence-corrected chi connectivity index (χ0v) is 12.5. The van der Waals surface area contributed by atoms with Crippen molar-refractivity contribution in [2.75, 3.05) is 13.2 Å². The Hall–Kier alpha value is -0.480. The molecule has 0 aliphatic carbocycles. The van der Waals surface area contributed by atoms with Crippen molar-refractivity contribution < 1.29 is 60.5 Å². The molecule has 0 saturated carbocycles. The van der Waals surface area contributed by atoms with Gasteiger partial charge < -0.3 is 60.5 Å². The largest absolute Gasteiger partial charge is 0.394 e. The van der Waals surface area contributed by atoms with E-state index in [1.165, 1.54) is 0 Å². The highest BCUT2D eigenvalue weighted by molar-refractivity contribution is 4.88. The molecule has 24 heavy (non-hydrogen) atoms. The van der Waals surface area contributed by atoms with E-state index in [4.69, 9.17) is 51.1 Å². The molecule has 2 rings (SSSR count). The number of hydrogen-bond donors (Lipinski definition) is 10. The van der Waals surface area contributed by atoms with Gasteiger partial charge in [-0.25, -0.2) is 0 Å². The Kier molecular flexibility index (Phi) is 8.34. The molecule has 0 unspecified atom stereocenters. The molecule has 2 aliphatic heterocycles. The highest BCUT2D eigenvalue weighted by atomic mass is 16.6. The van der Waals surface area contributed by atoms with E-state index in [0.29, 0.717) is 0 Å². The molecule has 2 heterocycles. The Morgan fingerprint density at radius 3 is 1.00 bits per heavy atom. The lowest BCUT2D eigenvalue weighted by atomic mass is 10.00. The number of ether oxygens (including phenoxy) is 2. The standard InChI is InChI=1S/2C6H12O6/c2*7-1-2-3(8)4(9)5(10)6(11)12-2/h2*2-11H,1H2/t2*2-,3+,4+,5-,6+/m10/s1. The van der Waals surface area contributed by atoms with Crippen LogP contribution in [0.4, 0.5) is 0 Å². The molecule has 0 spiro atoms. The van der Waals surface area contributed by atoms with Crippen LogP contribution in [0.5, 0.6) is 0 Å². The SMILES string of the molecule is OC[C@@H]1O[C@@H](O)[C@@H](O)[C@H](O)[C@@H]1O.OC[C@H]1O[C@H](O)[C@H](O)[C@@H](O)[C@H]1O. The predicted molar refractivity (Wildman–Crippen MR) is 72.0 cm³/mol. The van der Waals surface area contributed by atoms with Crippen LogP contribution in [0.25, 0.3) is 0 Å². The van der Waals surface area contributed by atoms with Crippen molar-refractivity contribution >= 4 is 0 Å². The van der Waals surface area contributed by atoms with Crippen molar-refractivity contribution in [1.29, 1.82) is 0 Å². The van der Waals surface area contributed by atoms with Gasteiger partial charge in [-0.05, 0) is 0 Å². The molecule has 2 aliphatic rings. The lowest BCUT2D eigenvalue weighted by molar-refractivity contribution is -0.286. The van der Waals surface area contributed by atoms with Crippen LogP contribution >= 0.6 is 0 Å². The molecule has 0 aromatic heterocycles. The molecule has 0 radical (unpaired) electrons. The molecule has 0 aromatic rings. The van der Waals surface area contributed by atoms with Crippen molar-refractivity contribution in [1.82, 2.24) is 0 Å². The van der Waals surface area contributed by atoms with E-state index in [1.807, 2.05) is 0 Å². The van der Waals surface area contributed by atoms with E-state index >= 15 is 0 Å². The summed E-state index contributed by atoms with van der Waals surface area (Å²) in [4.78, 5) is 0. The summed E-state index contributed by atoms with van der Waals surface area (Å²) in [6.45, 7) is -1.05. The molecule has 12 nitrogen and oxygen atoms in total. The molecule has 2 saturated heterocycles. The molecule has 2 fully saturated rings. The van der Waals surface area contributed by atoms with Crippen molar-refractivity contribution in [3.05, 3.63) is 0 Å². The third-order valence-corrected chi connectivity index (χ3v) is 3.73. The van der Waals surface area contributed by atoms with E-state index in [0.717, 1.165) is 0 Å². The third kappa shape index (κ3) is 4.78. The minimum atomic E-state index is -1.57. The number of aliphatic hydroxyl groups is 10. The second-order valence-corrected chi connectivity index (χ2v) is 5.44. The Bertz CT molecular complexity index is 326. The Labute approximate surface area is 136 Å². The first-order valence-electron chi connectivity index (χ1n) is 7.12. The van der Waals surface area contributed by atoms with Crippen LogP contribution in [0.1, 0.15) is 0 Å². The quantitative estimate of drug-likeness (QED) is 0.222. The van der Waals surface area contributed by atoms with Crippen molar-refractivity contribution in [2.45, 2.75) is 61.4 Å². The maximum absolute atomic E-state index is 9.12. The average Bonchev–Trinajstić information content (AvgIpc) is 2.58. The van der Waals surface area contributed by atoms with E-state index in [1.54, 1.807) is 0 Å². The van der Waals surface area contributed by atoms with Gasteiger partial charge >= 0.3 is 0 Å². The van der Waals surface area contributed by atoms with Crippen LogP contribution in [0.15, 0.2) is 0 Å². The van der Waals surface area contributed by atoms with Crippen LogP contribution in [0, 0.1) is 0 Å². The van der Waals surface area contributed by atoms with Gasteiger partial charge in [-0.15, -0.1) is 0 Å². The minimum Gasteiger partial charge on any atom is -0.394 e. The Morgan fingerprint density at radius 2 is 0.750 bits per heavy atom. The lowest BCUT2D eigenvalue weighted by Crippen LogP contribution is -2.58. The van der Waals surface area contributed by atoms with Gasteiger partial charge in [0.1, 0.15) is 48.8 Å². The predicted octanol–water partition coefficient (Wildman–Crippen LogP) is -6.44. The van der Waals surface area contributed by atoms with Gasteiger partial charge in [-0.3, -0.25) is 0 Å². The van der Waals surface area contributed by atoms with Crippen LogP contribution in [-0.4, -0.2) is 126 Å². The van der Waals surface area contributed by atoms with Gasteiger partial charge in [-0.1, -0.05) is 0 Å². The Morgan fingerprint density at radius 1 is 0.458 bits per heavy atom. The third-order valence-electron chi connectivity index (χ3n) is 3.73. The fourth-order valence-electron chi connectivity index (χ4n) is 2.16. The molecule has 0 bridgehead atoms. The van der Waals surface area contributed by atoms with Crippen LogP contribution in [0.3, 0.4) is 0 Å². The summed E-state index contributed by atoms with van der Waals surface area (Å²) in [7, 11) is 0. The van der Waals surface area contributed by atoms with Gasteiger partial charge in [0.15, 0.2) is 12.6 Å². The maximum atomic E-state index is 9.12. The van der Waals surface area contributed by atoms with Gasteiger partial charge in [0.05, 0.1) is 13.2 Å². The van der Waals surface area contributed by atoms with E-state index in [2.05, 4.69) is 9.47 Å². The van der Waals surface area contributed by atoms with Crippen molar-refractivity contribution in [3.8, 4) is 0 Å². The summed E-state index contributed by atoms with van der Waals surface area (Å²) in [6.07, 6.45) is -14.1. The van der Waals surface area contributed by atoms with Crippen molar-refractivity contribution in [2.24, 2.45) is 0 Å². The molecule has 0 amide bonds. The molecule has 0 aromatic carbocycles. The normalized spacial score (nSPS) is 49.2. The maximum Gasteiger partial charge on any atom is 0.184 e. The topological polar surface area (TPSA) is 221 Å². The second kappa shape index (κ2) is 9.28. The second-order valence-electron chi connectivity index (χ2n) is 5.44. The first kappa shape index (κ1) is 21.6. The van der Waals surface area contributed by atoms with Crippen LogP contribution < -0.4 is 0 Å². The fraction of sp³-hybridized carbons (Fsp3) is 1.00. The molecule has 10 atom stereocenters. The average molecular weight is 360 g/mol. The van der Waals surface area contributed by atoms with Crippen LogP contribution in [-0.2, 0) is 9.47 Å². The zero-order valence-electron chi connectivity index (χ0n) is 12.5. The smallest absolute Gasteiger partial charge is 0.184 e. The summed E-state index contributed by atoms with van der Waals surface area (Å²) in [5.41, 5.74) is 0. The number of aliphatic hydroxyl groups excluding tert-OH is 10. The van der Waals surface area contributed by atoms with E-state index < -0.39 is 74.6 Å². The summed E-state index contributed by atoms with van der Waals surface area (Å²) < 4.78 is 9.15. The minimum absolute atomic E-state index is 0.526. The summed E-state index contributed by atoms with van der Waals surface area (Å²) >= 11 is 0. The van der Waals surface area contributed by atoms with Gasteiger partial charge in [0, 0.05) is 0 Å². The molecule has 10 N–H and O–H groups in total. The molecule has 144 valence electrons.